The van der Waals surface area contributed by atoms with E-state index in [2.05, 4.69) is 0 Å². The van der Waals surface area contributed by atoms with Crippen LogP contribution in [0, 0.1) is 10.1 Å². The minimum atomic E-state index is -0.622. The summed E-state index contributed by atoms with van der Waals surface area (Å²) in [5.41, 5.74) is 0.262. The Balaban J connectivity index is 2.67. The number of nitro benzene ring substituents is 1. The van der Waals surface area contributed by atoms with E-state index in [1.54, 1.807) is 0 Å². The summed E-state index contributed by atoms with van der Waals surface area (Å²) in [6, 6.07) is 4.15. The number of nitro groups is 1. The van der Waals surface area contributed by atoms with Gasteiger partial charge in [-0.3, -0.25) is 19.7 Å². The quantitative estimate of drug-likeness (QED) is 0.375. The number of carbonyl (C=O) groups is 2. The fourth-order valence-electron chi connectivity index (χ4n) is 1.54. The third-order valence-corrected chi connectivity index (χ3v) is 2.18. The zero-order chi connectivity index (χ0) is 10.3. The lowest BCUT2D eigenvalue weighted by molar-refractivity contribution is -0.385. The molecule has 0 aliphatic heterocycles. The third-order valence-electron chi connectivity index (χ3n) is 2.18. The van der Waals surface area contributed by atoms with E-state index < -0.39 is 16.5 Å². The zero-order valence-electron chi connectivity index (χ0n) is 7.02. The molecule has 0 fully saturated rings. The molecule has 14 heavy (non-hydrogen) atoms. The van der Waals surface area contributed by atoms with Crippen molar-refractivity contribution >= 4 is 17.3 Å². The molecule has 1 aromatic rings. The van der Waals surface area contributed by atoms with E-state index in [1.807, 2.05) is 0 Å². The molecule has 0 saturated carbocycles. The molecule has 0 N–H and O–H groups in total. The molecule has 1 aromatic carbocycles. The van der Waals surface area contributed by atoms with Crippen LogP contribution < -0.4 is 0 Å². The Morgan fingerprint density at radius 1 is 1.29 bits per heavy atom. The van der Waals surface area contributed by atoms with Gasteiger partial charge in [0, 0.05) is 23.6 Å². The van der Waals surface area contributed by atoms with E-state index in [-0.39, 0.29) is 23.2 Å². The molecule has 0 heterocycles. The van der Waals surface area contributed by atoms with Gasteiger partial charge >= 0.3 is 0 Å². The van der Waals surface area contributed by atoms with Crippen LogP contribution in [0.1, 0.15) is 15.9 Å². The molecule has 0 unspecified atom stereocenters. The van der Waals surface area contributed by atoms with Gasteiger partial charge in [0.15, 0.2) is 0 Å². The Morgan fingerprint density at radius 3 is 2.64 bits per heavy atom. The normalized spacial score (nSPS) is 14.3. The number of fused-ring (bicyclic) bond motifs is 1. The van der Waals surface area contributed by atoms with Crippen molar-refractivity contribution in [2.24, 2.45) is 0 Å². The molecule has 70 valence electrons. The van der Waals surface area contributed by atoms with Crippen LogP contribution in [-0.4, -0.2) is 16.5 Å². The number of Topliss-reactive ketones (excluding diaryl/α,β-unsaturated/α-hetero) is 2. The summed E-state index contributed by atoms with van der Waals surface area (Å²) in [5.74, 6) is -1.20. The Labute approximate surface area is 78.5 Å². The molecule has 0 radical (unpaired) electrons. The molecule has 1 aliphatic carbocycles. The fraction of sp³-hybridized carbons (Fsp3) is 0.111. The summed E-state index contributed by atoms with van der Waals surface area (Å²) in [4.78, 5) is 32.2. The average molecular weight is 191 g/mol. The Bertz CT molecular complexity index is 464. The van der Waals surface area contributed by atoms with Crippen molar-refractivity contribution in [1.82, 2.24) is 0 Å². The van der Waals surface area contributed by atoms with Gasteiger partial charge in [-0.25, -0.2) is 0 Å². The standard InChI is InChI=1S/C9H5NO4/c11-8-4-6-5(9(8)12)2-1-3-7(6)10(13)14/h1-3H,4H2. The van der Waals surface area contributed by atoms with E-state index in [0.717, 1.165) is 0 Å². The SMILES string of the molecule is O=C1Cc2c(cccc2[N+](=O)[O-])C1=O. The summed E-state index contributed by atoms with van der Waals surface area (Å²) in [5, 5.41) is 10.6. The molecule has 5 nitrogen and oxygen atoms in total. The highest BCUT2D eigenvalue weighted by atomic mass is 16.6. The molecule has 0 amide bonds. The second-order valence-corrected chi connectivity index (χ2v) is 2.99. The molecule has 0 aromatic heterocycles. The van der Waals surface area contributed by atoms with Crippen molar-refractivity contribution in [2.45, 2.75) is 6.42 Å². The Kier molecular flexibility index (Phi) is 1.67. The maximum Gasteiger partial charge on any atom is 0.273 e. The molecule has 1 aliphatic rings. The van der Waals surface area contributed by atoms with Gasteiger partial charge in [0.25, 0.3) is 5.69 Å². The largest absolute Gasteiger partial charge is 0.290 e. The van der Waals surface area contributed by atoms with Crippen LogP contribution in [0.5, 0.6) is 0 Å². The molecule has 5 heteroatoms. The summed E-state index contributed by atoms with van der Waals surface area (Å²) in [6.07, 6.45) is -0.148. The zero-order valence-corrected chi connectivity index (χ0v) is 7.02. The van der Waals surface area contributed by atoms with Gasteiger partial charge in [-0.05, 0) is 0 Å². The second kappa shape index (κ2) is 2.73. The number of benzene rings is 1. The van der Waals surface area contributed by atoms with E-state index >= 15 is 0 Å². The van der Waals surface area contributed by atoms with Crippen LogP contribution in [0.2, 0.25) is 0 Å². The number of hydrogen-bond acceptors (Lipinski definition) is 4. The van der Waals surface area contributed by atoms with Crippen molar-refractivity contribution < 1.29 is 14.5 Å². The van der Waals surface area contributed by atoms with E-state index in [1.165, 1.54) is 18.2 Å². The van der Waals surface area contributed by atoms with Crippen LogP contribution >= 0.6 is 0 Å². The van der Waals surface area contributed by atoms with E-state index in [9.17, 15) is 19.7 Å². The maximum atomic E-state index is 11.2. The molecule has 0 saturated heterocycles. The molecular weight excluding hydrogens is 186 g/mol. The first-order valence-corrected chi connectivity index (χ1v) is 3.95. The minimum absolute atomic E-state index is 0.148. The minimum Gasteiger partial charge on any atom is -0.290 e. The number of ketones is 2. The van der Waals surface area contributed by atoms with Gasteiger partial charge in [0.1, 0.15) is 0 Å². The average Bonchev–Trinajstić information content (AvgIpc) is 2.43. The van der Waals surface area contributed by atoms with Crippen molar-refractivity contribution in [3.05, 3.63) is 39.4 Å². The monoisotopic (exact) mass is 191 g/mol. The van der Waals surface area contributed by atoms with Crippen LogP contribution in [-0.2, 0) is 11.2 Å². The van der Waals surface area contributed by atoms with Crippen LogP contribution in [0.25, 0.3) is 0 Å². The van der Waals surface area contributed by atoms with Crippen molar-refractivity contribution in [3.63, 3.8) is 0 Å². The maximum absolute atomic E-state index is 11.2. The fourth-order valence-corrected chi connectivity index (χ4v) is 1.54. The van der Waals surface area contributed by atoms with Crippen molar-refractivity contribution in [3.8, 4) is 0 Å². The first-order chi connectivity index (χ1) is 6.61. The van der Waals surface area contributed by atoms with Gasteiger partial charge in [-0.15, -0.1) is 0 Å². The van der Waals surface area contributed by atoms with Gasteiger partial charge in [0.05, 0.1) is 4.92 Å². The summed E-state index contributed by atoms with van der Waals surface area (Å²) >= 11 is 0. The lowest BCUT2D eigenvalue weighted by Gasteiger charge is -1.96. The van der Waals surface area contributed by atoms with Gasteiger partial charge in [-0.1, -0.05) is 12.1 Å². The Hall–Kier alpha value is -2.04. The lowest BCUT2D eigenvalue weighted by Crippen LogP contribution is -2.05. The summed E-state index contributed by atoms with van der Waals surface area (Å²) in [6.45, 7) is 0. The molecule has 2 rings (SSSR count). The molecule has 0 bridgehead atoms. The third kappa shape index (κ3) is 1.02. The van der Waals surface area contributed by atoms with Crippen LogP contribution in [0.3, 0.4) is 0 Å². The number of nitrogens with zero attached hydrogens (tertiary/aromatic N) is 1. The number of hydrogen-bond donors (Lipinski definition) is 0. The Morgan fingerprint density at radius 2 is 2.00 bits per heavy atom. The lowest BCUT2D eigenvalue weighted by atomic mass is 10.1. The first-order valence-electron chi connectivity index (χ1n) is 3.95. The highest BCUT2D eigenvalue weighted by molar-refractivity contribution is 6.47. The summed E-state index contributed by atoms with van der Waals surface area (Å²) < 4.78 is 0. The first kappa shape index (κ1) is 8.55. The second-order valence-electron chi connectivity index (χ2n) is 2.99. The smallest absolute Gasteiger partial charge is 0.273 e. The van der Waals surface area contributed by atoms with Gasteiger partial charge < -0.3 is 0 Å². The van der Waals surface area contributed by atoms with Gasteiger partial charge in [-0.2, -0.15) is 0 Å². The summed E-state index contributed by atoms with van der Waals surface area (Å²) in [7, 11) is 0. The van der Waals surface area contributed by atoms with E-state index in [4.69, 9.17) is 0 Å². The predicted octanol–water partition coefficient (Wildman–Crippen LogP) is 0.903. The number of rotatable bonds is 1. The molecule has 0 spiro atoms. The van der Waals surface area contributed by atoms with Crippen LogP contribution in [0.4, 0.5) is 5.69 Å². The van der Waals surface area contributed by atoms with Gasteiger partial charge in [0.2, 0.25) is 11.6 Å². The highest BCUT2D eigenvalue weighted by Crippen LogP contribution is 2.28. The predicted molar refractivity (Wildman–Crippen MR) is 46.1 cm³/mol. The van der Waals surface area contributed by atoms with E-state index in [0.29, 0.717) is 0 Å². The highest BCUT2D eigenvalue weighted by Gasteiger charge is 2.33. The number of carbonyl (C=O) groups excluding carboxylic acids is 2. The van der Waals surface area contributed by atoms with Crippen molar-refractivity contribution in [2.75, 3.05) is 0 Å². The molecular formula is C9H5NO4. The van der Waals surface area contributed by atoms with Crippen molar-refractivity contribution in [1.29, 1.82) is 0 Å². The van der Waals surface area contributed by atoms with Crippen LogP contribution in [0.15, 0.2) is 18.2 Å². The topological polar surface area (TPSA) is 77.3 Å². The molecule has 0 atom stereocenters.